The molecule has 1 amide bonds. The number of carbonyl (C=O) groups excluding carboxylic acids is 1. The van der Waals surface area contributed by atoms with Crippen LogP contribution in [0.2, 0.25) is 0 Å². The van der Waals surface area contributed by atoms with Crippen molar-refractivity contribution in [1.29, 1.82) is 0 Å². The molecule has 1 heterocycles. The molecule has 5 nitrogen and oxygen atoms in total. The maximum Gasteiger partial charge on any atom is 0.248 e. The molecule has 0 fully saturated rings. The molecule has 0 saturated heterocycles. The Morgan fingerprint density at radius 1 is 1.35 bits per heavy atom. The lowest BCUT2D eigenvalue weighted by Crippen LogP contribution is -2.37. The second-order valence-corrected chi connectivity index (χ2v) is 5.34. The van der Waals surface area contributed by atoms with E-state index in [0.717, 1.165) is 12.1 Å². The highest BCUT2D eigenvalue weighted by Gasteiger charge is 2.14. The van der Waals surface area contributed by atoms with Crippen LogP contribution in [0.1, 0.15) is 44.6 Å². The third-order valence-corrected chi connectivity index (χ3v) is 3.35. The van der Waals surface area contributed by atoms with Crippen LogP contribution in [0, 0.1) is 13.8 Å². The van der Waals surface area contributed by atoms with Gasteiger partial charge in [-0.3, -0.25) is 9.48 Å². The van der Waals surface area contributed by atoms with Crippen LogP contribution < -0.4 is 5.32 Å². The van der Waals surface area contributed by atoms with Gasteiger partial charge in [0.2, 0.25) is 5.91 Å². The Morgan fingerprint density at radius 3 is 2.50 bits per heavy atom. The highest BCUT2D eigenvalue weighted by Crippen LogP contribution is 2.12. The Balaban J connectivity index is 2.47. The number of amides is 1. The third-order valence-electron chi connectivity index (χ3n) is 3.35. The summed E-state index contributed by atoms with van der Waals surface area (Å²) in [5.41, 5.74) is 3.56. The molecule has 0 aliphatic heterocycles. The number of nitrogens with one attached hydrogen (secondary N) is 1. The fraction of sp³-hybridized carbons (Fsp3) is 0.733. The number of aryl methyl sites for hydroxylation is 1. The summed E-state index contributed by atoms with van der Waals surface area (Å²) >= 11 is 0. The summed E-state index contributed by atoms with van der Waals surface area (Å²) in [5.74, 6) is -0.0732. The number of ether oxygens (including phenoxy) is 1. The van der Waals surface area contributed by atoms with E-state index in [2.05, 4.69) is 24.3 Å². The Hall–Kier alpha value is -1.36. The summed E-state index contributed by atoms with van der Waals surface area (Å²) in [7, 11) is 0. The number of hydrogen-bond donors (Lipinski definition) is 1. The van der Waals surface area contributed by atoms with Gasteiger partial charge in [0.15, 0.2) is 0 Å². The molecular formula is C15H27N3O2. The van der Waals surface area contributed by atoms with Gasteiger partial charge in [-0.25, -0.2) is 0 Å². The van der Waals surface area contributed by atoms with Gasteiger partial charge in [0.1, 0.15) is 6.10 Å². The average molecular weight is 281 g/mol. The van der Waals surface area contributed by atoms with Gasteiger partial charge in [-0.15, -0.1) is 0 Å². The minimum Gasteiger partial charge on any atom is -0.366 e. The predicted octanol–water partition coefficient (Wildman–Crippen LogP) is 1.99. The van der Waals surface area contributed by atoms with Crippen LogP contribution in [0.5, 0.6) is 0 Å². The topological polar surface area (TPSA) is 56.2 Å². The van der Waals surface area contributed by atoms with Crippen LogP contribution in [0.3, 0.4) is 0 Å². The monoisotopic (exact) mass is 281 g/mol. The quantitative estimate of drug-likeness (QED) is 0.831. The van der Waals surface area contributed by atoms with Crippen LogP contribution in [0.4, 0.5) is 0 Å². The Morgan fingerprint density at radius 2 is 2.00 bits per heavy atom. The van der Waals surface area contributed by atoms with E-state index in [-0.39, 0.29) is 12.0 Å². The van der Waals surface area contributed by atoms with E-state index in [1.165, 1.54) is 11.3 Å². The molecule has 1 rings (SSSR count). The summed E-state index contributed by atoms with van der Waals surface area (Å²) in [6.07, 6.45) is 0.629. The van der Waals surface area contributed by atoms with Crippen LogP contribution in [0.15, 0.2) is 0 Å². The largest absolute Gasteiger partial charge is 0.366 e. The Kier molecular flexibility index (Phi) is 6.20. The van der Waals surface area contributed by atoms with Crippen molar-refractivity contribution in [2.75, 3.05) is 6.54 Å². The van der Waals surface area contributed by atoms with Gasteiger partial charge in [-0.1, -0.05) is 6.92 Å². The number of carbonyl (C=O) groups is 1. The maximum absolute atomic E-state index is 11.8. The fourth-order valence-electron chi connectivity index (χ4n) is 2.36. The molecule has 0 aliphatic carbocycles. The molecule has 1 atom stereocenters. The van der Waals surface area contributed by atoms with Gasteiger partial charge in [-0.2, -0.15) is 5.10 Å². The van der Waals surface area contributed by atoms with Crippen molar-refractivity contribution < 1.29 is 9.53 Å². The first-order valence-corrected chi connectivity index (χ1v) is 7.32. The van der Waals surface area contributed by atoms with Gasteiger partial charge < -0.3 is 10.1 Å². The zero-order chi connectivity index (χ0) is 15.3. The number of hydrogen-bond acceptors (Lipinski definition) is 3. The second-order valence-electron chi connectivity index (χ2n) is 5.34. The van der Waals surface area contributed by atoms with E-state index in [1.807, 2.05) is 25.5 Å². The molecule has 1 unspecified atom stereocenters. The van der Waals surface area contributed by atoms with Gasteiger partial charge in [0, 0.05) is 12.2 Å². The van der Waals surface area contributed by atoms with Crippen LogP contribution in [-0.4, -0.2) is 34.4 Å². The first-order valence-electron chi connectivity index (χ1n) is 7.32. The first kappa shape index (κ1) is 16.7. The first-order chi connectivity index (χ1) is 9.36. The minimum atomic E-state index is -0.415. The summed E-state index contributed by atoms with van der Waals surface area (Å²) in [6.45, 7) is 13.1. The number of rotatable bonds is 7. The molecule has 1 N–H and O–H groups in total. The number of aromatic nitrogens is 2. The van der Waals surface area contributed by atoms with Crippen molar-refractivity contribution >= 4 is 5.91 Å². The molecule has 0 bridgehead atoms. The molecule has 0 aromatic carbocycles. The molecule has 5 heteroatoms. The normalized spacial score (nSPS) is 12.8. The van der Waals surface area contributed by atoms with Crippen molar-refractivity contribution in [3.05, 3.63) is 17.0 Å². The Bertz CT molecular complexity index is 452. The van der Waals surface area contributed by atoms with Crippen LogP contribution >= 0.6 is 0 Å². The van der Waals surface area contributed by atoms with Crippen molar-refractivity contribution in [3.8, 4) is 0 Å². The summed E-state index contributed by atoms with van der Waals surface area (Å²) in [4.78, 5) is 11.8. The lowest BCUT2D eigenvalue weighted by molar-refractivity contribution is -0.134. The molecule has 1 aromatic heterocycles. The van der Waals surface area contributed by atoms with Gasteiger partial charge >= 0.3 is 0 Å². The van der Waals surface area contributed by atoms with Crippen molar-refractivity contribution in [3.63, 3.8) is 0 Å². The highest BCUT2D eigenvalue weighted by atomic mass is 16.5. The molecule has 1 aromatic rings. The summed E-state index contributed by atoms with van der Waals surface area (Å²) in [6, 6.07) is 0. The Labute approximate surface area is 121 Å². The second kappa shape index (κ2) is 7.43. The van der Waals surface area contributed by atoms with Gasteiger partial charge in [0.25, 0.3) is 0 Å². The van der Waals surface area contributed by atoms with Crippen LogP contribution in [0.25, 0.3) is 0 Å². The van der Waals surface area contributed by atoms with Crippen molar-refractivity contribution in [2.24, 2.45) is 0 Å². The van der Waals surface area contributed by atoms with E-state index in [4.69, 9.17) is 4.74 Å². The molecule has 20 heavy (non-hydrogen) atoms. The lowest BCUT2D eigenvalue weighted by atomic mass is 10.1. The van der Waals surface area contributed by atoms with Gasteiger partial charge in [-0.05, 0) is 46.6 Å². The van der Waals surface area contributed by atoms with Gasteiger partial charge in [0.05, 0.1) is 18.3 Å². The molecule has 0 saturated carbocycles. The zero-order valence-corrected chi connectivity index (χ0v) is 13.5. The predicted molar refractivity (Wildman–Crippen MR) is 79.8 cm³/mol. The standard InChI is InChI=1S/C15H27N3O2/c1-7-14-11(4)17-18(12(14)5)9-8-16-15(19)13(6)20-10(2)3/h10,13H,7-9H2,1-6H3,(H,16,19). The molecular weight excluding hydrogens is 254 g/mol. The zero-order valence-electron chi connectivity index (χ0n) is 13.5. The van der Waals surface area contributed by atoms with E-state index in [0.29, 0.717) is 13.1 Å². The summed E-state index contributed by atoms with van der Waals surface area (Å²) in [5, 5.41) is 7.39. The highest BCUT2D eigenvalue weighted by molar-refractivity contribution is 5.80. The molecule has 0 spiro atoms. The summed E-state index contributed by atoms with van der Waals surface area (Å²) < 4.78 is 7.41. The average Bonchev–Trinajstić information content (AvgIpc) is 2.63. The minimum absolute atomic E-state index is 0.0545. The van der Waals surface area contributed by atoms with E-state index in [9.17, 15) is 4.79 Å². The van der Waals surface area contributed by atoms with Crippen molar-refractivity contribution in [1.82, 2.24) is 15.1 Å². The molecule has 114 valence electrons. The SMILES string of the molecule is CCc1c(C)nn(CCNC(=O)C(C)OC(C)C)c1C. The maximum atomic E-state index is 11.8. The van der Waals surface area contributed by atoms with E-state index < -0.39 is 6.10 Å². The smallest absolute Gasteiger partial charge is 0.248 e. The molecule has 0 aliphatic rings. The fourth-order valence-corrected chi connectivity index (χ4v) is 2.36. The van der Waals surface area contributed by atoms with E-state index in [1.54, 1.807) is 6.92 Å². The van der Waals surface area contributed by atoms with Crippen LogP contribution in [-0.2, 0) is 22.5 Å². The van der Waals surface area contributed by atoms with Crippen molar-refractivity contribution in [2.45, 2.75) is 66.7 Å². The number of nitrogens with zero attached hydrogens (tertiary/aromatic N) is 2. The van der Waals surface area contributed by atoms with E-state index >= 15 is 0 Å². The third kappa shape index (κ3) is 4.34. The lowest BCUT2D eigenvalue weighted by Gasteiger charge is -2.16. The molecule has 0 radical (unpaired) electrons.